The van der Waals surface area contributed by atoms with Gasteiger partial charge in [0.15, 0.2) is 5.01 Å². The summed E-state index contributed by atoms with van der Waals surface area (Å²) >= 11 is 0.738. The number of anilines is 2. The Morgan fingerprint density at radius 3 is 2.42 bits per heavy atom. The molecular weight excluding hydrogens is 351 g/mol. The molecule has 1 aromatic carbocycles. The monoisotopic (exact) mass is 360 g/mol. The highest BCUT2D eigenvalue weighted by atomic mass is 32.1. The van der Waals surface area contributed by atoms with Gasteiger partial charge < -0.3 is 5.32 Å². The first-order valence-electron chi connectivity index (χ1n) is 6.58. The summed E-state index contributed by atoms with van der Waals surface area (Å²) in [6.45, 7) is 0.731. The van der Waals surface area contributed by atoms with Gasteiger partial charge in [-0.25, -0.2) is 15.0 Å². The van der Waals surface area contributed by atoms with Gasteiger partial charge in [0.2, 0.25) is 0 Å². The van der Waals surface area contributed by atoms with Crippen molar-refractivity contribution in [3.8, 4) is 0 Å². The molecule has 0 radical (unpaired) electrons. The molecule has 0 fully saturated rings. The predicted octanol–water partition coefficient (Wildman–Crippen LogP) is 4.96. The summed E-state index contributed by atoms with van der Waals surface area (Å²) in [5, 5.41) is 3.05. The minimum absolute atomic E-state index is 0.0906. The van der Waals surface area contributed by atoms with Crippen LogP contribution < -0.4 is 5.32 Å². The van der Waals surface area contributed by atoms with E-state index in [2.05, 4.69) is 20.3 Å². The summed E-state index contributed by atoms with van der Waals surface area (Å²) in [6.07, 6.45) is -2.16. The Morgan fingerprint density at radius 2 is 1.79 bits per heavy atom. The number of rotatable bonds is 3. The Morgan fingerprint density at radius 1 is 1.04 bits per heavy atom. The molecule has 0 saturated heterocycles. The molecule has 0 aliphatic rings. The van der Waals surface area contributed by atoms with Crippen LogP contribution in [0.25, 0.3) is 10.9 Å². The maximum atomic E-state index is 13.2. The maximum Gasteiger partial charge on any atom is 0.416 e. The van der Waals surface area contributed by atoms with Gasteiger partial charge in [0.1, 0.15) is 17.1 Å². The SMILES string of the molecule is CC(F)(F)c1ncc(Nc2ncnc3cc(C(F)(F)F)ccc23)s1. The Kier molecular flexibility index (Phi) is 3.86. The van der Waals surface area contributed by atoms with Gasteiger partial charge in [-0.3, -0.25) is 0 Å². The zero-order chi connectivity index (χ0) is 17.5. The van der Waals surface area contributed by atoms with E-state index in [1.54, 1.807) is 0 Å². The molecule has 0 aliphatic carbocycles. The largest absolute Gasteiger partial charge is 0.416 e. The quantitative estimate of drug-likeness (QED) is 0.671. The normalized spacial score (nSPS) is 12.6. The summed E-state index contributed by atoms with van der Waals surface area (Å²) < 4.78 is 64.6. The summed E-state index contributed by atoms with van der Waals surface area (Å²) in [4.78, 5) is 11.4. The molecule has 2 aromatic heterocycles. The number of halogens is 5. The number of thiazole rings is 1. The molecule has 1 N–H and O–H groups in total. The van der Waals surface area contributed by atoms with Gasteiger partial charge in [-0.1, -0.05) is 11.3 Å². The number of benzene rings is 1. The van der Waals surface area contributed by atoms with E-state index in [4.69, 9.17) is 0 Å². The fraction of sp³-hybridized carbons (Fsp3) is 0.214. The fourth-order valence-electron chi connectivity index (χ4n) is 1.98. The lowest BCUT2D eigenvalue weighted by atomic mass is 10.1. The second kappa shape index (κ2) is 5.62. The average molecular weight is 360 g/mol. The van der Waals surface area contributed by atoms with Crippen LogP contribution in [0, 0.1) is 0 Å². The Bertz CT molecular complexity index is 885. The molecule has 10 heteroatoms. The van der Waals surface area contributed by atoms with Gasteiger partial charge in [-0.2, -0.15) is 22.0 Å². The molecule has 3 rings (SSSR count). The second-order valence-electron chi connectivity index (χ2n) is 5.00. The van der Waals surface area contributed by atoms with E-state index < -0.39 is 17.7 Å². The van der Waals surface area contributed by atoms with Gasteiger partial charge in [0.25, 0.3) is 5.92 Å². The van der Waals surface area contributed by atoms with Crippen molar-refractivity contribution in [2.75, 3.05) is 5.32 Å². The molecule has 0 atom stereocenters. The van der Waals surface area contributed by atoms with E-state index in [1.807, 2.05) is 0 Å². The van der Waals surface area contributed by atoms with Crippen LogP contribution >= 0.6 is 11.3 Å². The summed E-state index contributed by atoms with van der Waals surface area (Å²) in [6, 6.07) is 3.05. The van der Waals surface area contributed by atoms with Crippen molar-refractivity contribution in [2.45, 2.75) is 19.0 Å². The fourth-order valence-corrected chi connectivity index (χ4v) is 2.73. The third-order valence-electron chi connectivity index (χ3n) is 3.09. The lowest BCUT2D eigenvalue weighted by Gasteiger charge is -2.09. The summed E-state index contributed by atoms with van der Waals surface area (Å²) in [7, 11) is 0. The lowest BCUT2D eigenvalue weighted by Crippen LogP contribution is -2.05. The summed E-state index contributed by atoms with van der Waals surface area (Å²) in [5.41, 5.74) is -0.738. The highest BCUT2D eigenvalue weighted by Gasteiger charge is 2.31. The van der Waals surface area contributed by atoms with Crippen molar-refractivity contribution in [1.29, 1.82) is 0 Å². The topological polar surface area (TPSA) is 50.7 Å². The van der Waals surface area contributed by atoms with Crippen LogP contribution in [0.1, 0.15) is 17.5 Å². The van der Waals surface area contributed by atoms with Crippen molar-refractivity contribution in [3.63, 3.8) is 0 Å². The third kappa shape index (κ3) is 3.28. The second-order valence-corrected chi connectivity index (χ2v) is 6.03. The molecule has 2 heterocycles. The number of fused-ring (bicyclic) bond motifs is 1. The van der Waals surface area contributed by atoms with Crippen molar-refractivity contribution < 1.29 is 22.0 Å². The number of hydrogen-bond acceptors (Lipinski definition) is 5. The van der Waals surface area contributed by atoms with E-state index in [1.165, 1.54) is 12.3 Å². The van der Waals surface area contributed by atoms with Crippen molar-refractivity contribution in [2.24, 2.45) is 0 Å². The number of nitrogens with zero attached hydrogens (tertiary/aromatic N) is 3. The van der Waals surface area contributed by atoms with E-state index in [-0.39, 0.29) is 16.3 Å². The van der Waals surface area contributed by atoms with Crippen LogP contribution in [0.5, 0.6) is 0 Å². The van der Waals surface area contributed by atoms with Crippen molar-refractivity contribution in [1.82, 2.24) is 15.0 Å². The van der Waals surface area contributed by atoms with E-state index in [0.717, 1.165) is 36.7 Å². The zero-order valence-electron chi connectivity index (χ0n) is 12.0. The van der Waals surface area contributed by atoms with Crippen LogP contribution in [0.4, 0.5) is 32.8 Å². The van der Waals surface area contributed by atoms with Crippen LogP contribution in [0.3, 0.4) is 0 Å². The third-order valence-corrected chi connectivity index (χ3v) is 4.17. The Labute approximate surface area is 136 Å². The smallest absolute Gasteiger partial charge is 0.330 e. The lowest BCUT2D eigenvalue weighted by molar-refractivity contribution is -0.137. The average Bonchev–Trinajstić information content (AvgIpc) is 2.95. The molecule has 126 valence electrons. The van der Waals surface area contributed by atoms with Crippen LogP contribution in [-0.4, -0.2) is 15.0 Å². The van der Waals surface area contributed by atoms with Crippen molar-refractivity contribution >= 4 is 33.1 Å². The summed E-state index contributed by atoms with van der Waals surface area (Å²) in [5.74, 6) is -2.86. The molecule has 0 amide bonds. The predicted molar refractivity (Wildman–Crippen MR) is 79.5 cm³/mol. The first kappa shape index (κ1) is 16.5. The van der Waals surface area contributed by atoms with E-state index >= 15 is 0 Å². The van der Waals surface area contributed by atoms with Gasteiger partial charge in [0, 0.05) is 12.3 Å². The molecule has 24 heavy (non-hydrogen) atoms. The molecule has 0 spiro atoms. The first-order chi connectivity index (χ1) is 11.1. The number of aromatic nitrogens is 3. The zero-order valence-corrected chi connectivity index (χ0v) is 12.8. The molecule has 3 aromatic rings. The van der Waals surface area contributed by atoms with Gasteiger partial charge in [-0.05, 0) is 18.2 Å². The maximum absolute atomic E-state index is 13.2. The first-order valence-corrected chi connectivity index (χ1v) is 7.39. The minimum Gasteiger partial charge on any atom is -0.330 e. The molecule has 0 bridgehead atoms. The highest BCUT2D eigenvalue weighted by Crippen LogP contribution is 2.35. The number of hydrogen-bond donors (Lipinski definition) is 1. The van der Waals surface area contributed by atoms with Crippen molar-refractivity contribution in [3.05, 3.63) is 41.3 Å². The Balaban J connectivity index is 1.97. The van der Waals surface area contributed by atoms with Gasteiger partial charge in [-0.15, -0.1) is 0 Å². The van der Waals surface area contributed by atoms with Crippen LogP contribution in [0.15, 0.2) is 30.7 Å². The molecular formula is C14H9F5N4S. The molecule has 0 unspecified atom stereocenters. The standard InChI is InChI=1S/C14H9F5N4S/c1-13(15,16)12-20-5-10(24-12)23-11-8-3-2-7(14(17,18)19)4-9(8)21-6-22-11/h2-6H,1H3,(H,21,22,23). The number of nitrogens with one attached hydrogen (secondary N) is 1. The van der Waals surface area contributed by atoms with Gasteiger partial charge in [0.05, 0.1) is 17.3 Å². The highest BCUT2D eigenvalue weighted by molar-refractivity contribution is 7.15. The van der Waals surface area contributed by atoms with Crippen LogP contribution in [0.2, 0.25) is 0 Å². The number of alkyl halides is 5. The van der Waals surface area contributed by atoms with E-state index in [9.17, 15) is 22.0 Å². The van der Waals surface area contributed by atoms with Crippen LogP contribution in [-0.2, 0) is 12.1 Å². The Hall–Kier alpha value is -2.36. The molecule has 0 aliphatic heterocycles. The van der Waals surface area contributed by atoms with Gasteiger partial charge >= 0.3 is 6.18 Å². The molecule has 4 nitrogen and oxygen atoms in total. The van der Waals surface area contributed by atoms with E-state index in [0.29, 0.717) is 10.4 Å². The minimum atomic E-state index is -4.48. The molecule has 0 saturated carbocycles.